The van der Waals surface area contributed by atoms with Crippen LogP contribution >= 0.6 is 0 Å². The van der Waals surface area contributed by atoms with E-state index in [2.05, 4.69) is 10.6 Å². The summed E-state index contributed by atoms with van der Waals surface area (Å²) in [5.41, 5.74) is 6.68. The van der Waals surface area contributed by atoms with Gasteiger partial charge in [-0.2, -0.15) is 0 Å². The van der Waals surface area contributed by atoms with Crippen LogP contribution in [0, 0.1) is 5.41 Å². The number of aryl methyl sites for hydroxylation is 1. The maximum atomic E-state index is 11.6. The molecule has 4 N–H and O–H groups in total. The highest BCUT2D eigenvalue weighted by Crippen LogP contribution is 2.38. The number of nitrogens with one attached hydrogen (secondary N) is 3. The summed E-state index contributed by atoms with van der Waals surface area (Å²) in [6.07, 6.45) is 3.73. The van der Waals surface area contributed by atoms with Gasteiger partial charge >= 0.3 is 0 Å². The molecule has 1 amide bonds. The molecule has 4 rings (SSSR count). The molecule has 2 aromatic carbocycles. The number of carbonyl (C=O) groups is 1. The zero-order valence-corrected chi connectivity index (χ0v) is 16.5. The number of amides is 1. The minimum absolute atomic E-state index is 0.0315. The largest absolute Gasteiger partial charge is 0.508 e. The molecule has 6 nitrogen and oxygen atoms in total. The highest BCUT2D eigenvalue weighted by atomic mass is 16.3. The smallest absolute Gasteiger partial charge is 0.217 e. The number of phenols is 1. The van der Waals surface area contributed by atoms with Crippen LogP contribution in [0.4, 0.5) is 5.69 Å². The molecule has 6 heteroatoms. The van der Waals surface area contributed by atoms with Crippen LogP contribution in [0.5, 0.6) is 5.75 Å². The summed E-state index contributed by atoms with van der Waals surface area (Å²) in [5, 5.41) is 24.9. The van der Waals surface area contributed by atoms with Gasteiger partial charge in [-0.1, -0.05) is 0 Å². The van der Waals surface area contributed by atoms with Gasteiger partial charge in [-0.05, 0) is 66.8 Å². The van der Waals surface area contributed by atoms with Crippen molar-refractivity contribution in [3.05, 3.63) is 53.1 Å². The fourth-order valence-electron chi connectivity index (χ4n) is 4.30. The SMILES string of the molecule is CNc1ccc2nc(-c3ccc(O)cc3)c3c(c2c1C=N)CCC(NC(C)=O)C3. The van der Waals surface area contributed by atoms with Gasteiger partial charge in [0.2, 0.25) is 5.91 Å². The molecule has 0 fully saturated rings. The zero-order valence-electron chi connectivity index (χ0n) is 16.5. The number of benzene rings is 2. The summed E-state index contributed by atoms with van der Waals surface area (Å²) < 4.78 is 0. The van der Waals surface area contributed by atoms with Crippen LogP contribution in [-0.4, -0.2) is 35.3 Å². The number of pyridine rings is 1. The van der Waals surface area contributed by atoms with Crippen molar-refractivity contribution in [1.29, 1.82) is 5.41 Å². The Hall–Kier alpha value is -3.41. The summed E-state index contributed by atoms with van der Waals surface area (Å²) in [5.74, 6) is 0.181. The summed E-state index contributed by atoms with van der Waals surface area (Å²) in [6, 6.07) is 11.1. The maximum Gasteiger partial charge on any atom is 0.217 e. The summed E-state index contributed by atoms with van der Waals surface area (Å²) in [6.45, 7) is 1.54. The van der Waals surface area contributed by atoms with Crippen LogP contribution in [0.3, 0.4) is 0 Å². The van der Waals surface area contributed by atoms with Crippen molar-refractivity contribution < 1.29 is 9.90 Å². The number of hydrogen-bond donors (Lipinski definition) is 4. The van der Waals surface area contributed by atoms with Gasteiger partial charge in [0.1, 0.15) is 5.75 Å². The van der Waals surface area contributed by atoms with E-state index < -0.39 is 0 Å². The van der Waals surface area contributed by atoms with E-state index in [-0.39, 0.29) is 17.7 Å². The van der Waals surface area contributed by atoms with E-state index in [1.54, 1.807) is 19.1 Å². The quantitative estimate of drug-likeness (QED) is 0.513. The van der Waals surface area contributed by atoms with Crippen LogP contribution < -0.4 is 10.6 Å². The Kier molecular flexibility index (Phi) is 4.92. The minimum Gasteiger partial charge on any atom is -0.508 e. The van der Waals surface area contributed by atoms with E-state index in [9.17, 15) is 9.90 Å². The van der Waals surface area contributed by atoms with Crippen molar-refractivity contribution in [3.63, 3.8) is 0 Å². The third-order valence-electron chi connectivity index (χ3n) is 5.56. The number of rotatable bonds is 4. The van der Waals surface area contributed by atoms with Crippen molar-refractivity contribution >= 4 is 28.7 Å². The molecule has 1 aromatic heterocycles. The molecule has 0 aliphatic heterocycles. The lowest BCUT2D eigenvalue weighted by molar-refractivity contribution is -0.119. The fourth-order valence-corrected chi connectivity index (χ4v) is 4.30. The van der Waals surface area contributed by atoms with E-state index in [0.717, 1.165) is 51.8 Å². The second-order valence-corrected chi connectivity index (χ2v) is 7.42. The average molecular weight is 388 g/mol. The van der Waals surface area contributed by atoms with Crippen molar-refractivity contribution in [3.8, 4) is 17.0 Å². The monoisotopic (exact) mass is 388 g/mol. The molecular formula is C23H24N4O2. The number of anilines is 1. The molecule has 0 saturated carbocycles. The van der Waals surface area contributed by atoms with Gasteiger partial charge in [-0.3, -0.25) is 4.79 Å². The highest BCUT2D eigenvalue weighted by molar-refractivity contribution is 6.06. The van der Waals surface area contributed by atoms with Crippen molar-refractivity contribution in [2.24, 2.45) is 0 Å². The predicted molar refractivity (Wildman–Crippen MR) is 116 cm³/mol. The molecular weight excluding hydrogens is 364 g/mol. The third kappa shape index (κ3) is 3.42. The van der Waals surface area contributed by atoms with E-state index in [4.69, 9.17) is 10.4 Å². The molecule has 1 aliphatic rings. The predicted octanol–water partition coefficient (Wildman–Crippen LogP) is 3.64. The Morgan fingerprint density at radius 3 is 2.62 bits per heavy atom. The second kappa shape index (κ2) is 7.54. The molecule has 1 unspecified atom stereocenters. The van der Waals surface area contributed by atoms with E-state index >= 15 is 0 Å². The number of hydrogen-bond acceptors (Lipinski definition) is 5. The summed E-state index contributed by atoms with van der Waals surface area (Å²) in [4.78, 5) is 16.6. The zero-order chi connectivity index (χ0) is 20.5. The van der Waals surface area contributed by atoms with Gasteiger partial charge in [0.25, 0.3) is 0 Å². The van der Waals surface area contributed by atoms with Gasteiger partial charge < -0.3 is 21.1 Å². The number of phenolic OH excluding ortho intramolecular Hbond substituents is 1. The lowest BCUT2D eigenvalue weighted by atomic mass is 9.82. The van der Waals surface area contributed by atoms with Gasteiger partial charge in [0.05, 0.1) is 11.2 Å². The fraction of sp³-hybridized carbons (Fsp3) is 0.261. The standard InChI is InChI=1S/C23H24N4O2/c1-13(28)26-15-5-8-17-18(11-15)23(14-3-6-16(29)7-4-14)27-21-10-9-20(25-2)19(12-24)22(17)21/h3-4,6-7,9-10,12,15,24-25,29H,5,8,11H2,1-2H3,(H,26,28). The first-order valence-electron chi connectivity index (χ1n) is 9.75. The molecule has 0 saturated heterocycles. The average Bonchev–Trinajstić information content (AvgIpc) is 2.72. The normalized spacial score (nSPS) is 15.6. The number of carbonyl (C=O) groups excluding carboxylic acids is 1. The van der Waals surface area contributed by atoms with Gasteiger partial charge in [0.15, 0.2) is 0 Å². The maximum absolute atomic E-state index is 11.6. The van der Waals surface area contributed by atoms with Crippen molar-refractivity contribution in [2.75, 3.05) is 12.4 Å². The Morgan fingerprint density at radius 1 is 1.21 bits per heavy atom. The Labute approximate surface area is 169 Å². The lowest BCUT2D eigenvalue weighted by Gasteiger charge is -2.29. The molecule has 0 radical (unpaired) electrons. The number of aromatic nitrogens is 1. The molecule has 148 valence electrons. The molecule has 0 spiro atoms. The van der Waals surface area contributed by atoms with Gasteiger partial charge in [0, 0.05) is 48.4 Å². The highest BCUT2D eigenvalue weighted by Gasteiger charge is 2.26. The number of nitrogens with zero attached hydrogens (tertiary/aromatic N) is 1. The first-order valence-corrected chi connectivity index (χ1v) is 9.75. The number of fused-ring (bicyclic) bond motifs is 3. The van der Waals surface area contributed by atoms with Gasteiger partial charge in [-0.25, -0.2) is 4.98 Å². The molecule has 29 heavy (non-hydrogen) atoms. The van der Waals surface area contributed by atoms with Crippen molar-refractivity contribution in [2.45, 2.75) is 32.2 Å². The van der Waals surface area contributed by atoms with Crippen LogP contribution in [0.25, 0.3) is 22.2 Å². The van der Waals surface area contributed by atoms with Crippen LogP contribution in [0.15, 0.2) is 36.4 Å². The van der Waals surface area contributed by atoms with Gasteiger partial charge in [-0.15, -0.1) is 0 Å². The molecule has 0 bridgehead atoms. The second-order valence-electron chi connectivity index (χ2n) is 7.42. The van der Waals surface area contributed by atoms with Crippen LogP contribution in [0.2, 0.25) is 0 Å². The third-order valence-corrected chi connectivity index (χ3v) is 5.56. The minimum atomic E-state index is -0.0315. The van der Waals surface area contributed by atoms with E-state index in [1.165, 1.54) is 11.8 Å². The Balaban J connectivity index is 1.99. The summed E-state index contributed by atoms with van der Waals surface area (Å²) >= 11 is 0. The van der Waals surface area contributed by atoms with E-state index in [1.807, 2.05) is 31.3 Å². The topological polar surface area (TPSA) is 98.1 Å². The van der Waals surface area contributed by atoms with Crippen LogP contribution in [-0.2, 0) is 17.6 Å². The van der Waals surface area contributed by atoms with Crippen LogP contribution in [0.1, 0.15) is 30.0 Å². The molecule has 1 atom stereocenters. The van der Waals surface area contributed by atoms with Crippen molar-refractivity contribution in [1.82, 2.24) is 10.3 Å². The number of aromatic hydroxyl groups is 1. The Bertz CT molecular complexity index is 1110. The molecule has 3 aromatic rings. The summed E-state index contributed by atoms with van der Waals surface area (Å²) in [7, 11) is 1.85. The molecule has 1 aliphatic carbocycles. The first kappa shape index (κ1) is 18.9. The Morgan fingerprint density at radius 2 is 1.97 bits per heavy atom. The first-order chi connectivity index (χ1) is 14.0. The lowest BCUT2D eigenvalue weighted by Crippen LogP contribution is -2.37. The molecule has 1 heterocycles. The van der Waals surface area contributed by atoms with E-state index in [0.29, 0.717) is 6.42 Å².